The third kappa shape index (κ3) is 5.51. The smallest absolute Gasteiger partial charge is 0.497 e. The highest BCUT2D eigenvalue weighted by molar-refractivity contribution is 6.18. The molecule has 0 amide bonds. The Labute approximate surface area is 217 Å². The van der Waals surface area contributed by atoms with Crippen LogP contribution in [0.4, 0.5) is 13.2 Å². The fourth-order valence-electron chi connectivity index (χ4n) is 4.41. The van der Waals surface area contributed by atoms with Crippen molar-refractivity contribution in [3.05, 3.63) is 83.6 Å². The second-order valence-electron chi connectivity index (χ2n) is 8.70. The van der Waals surface area contributed by atoms with Gasteiger partial charge in [-0.25, -0.2) is 0 Å². The van der Waals surface area contributed by atoms with E-state index < -0.39 is 18.2 Å². The van der Waals surface area contributed by atoms with Gasteiger partial charge in [0.15, 0.2) is 17.7 Å². The van der Waals surface area contributed by atoms with Gasteiger partial charge in [-0.1, -0.05) is 13.0 Å². The molecule has 9 heteroatoms. The zero-order valence-corrected chi connectivity index (χ0v) is 21.3. The van der Waals surface area contributed by atoms with Crippen LogP contribution in [-0.4, -0.2) is 35.7 Å². The van der Waals surface area contributed by atoms with E-state index in [4.69, 9.17) is 9.47 Å². The second kappa shape index (κ2) is 10.6. The lowest BCUT2D eigenvalue weighted by Crippen LogP contribution is -2.23. The predicted octanol–water partition coefficient (Wildman–Crippen LogP) is 6.82. The van der Waals surface area contributed by atoms with E-state index in [2.05, 4.69) is 4.74 Å². The van der Waals surface area contributed by atoms with Gasteiger partial charge in [0.25, 0.3) is 0 Å². The Kier molecular flexibility index (Phi) is 7.48. The molecule has 6 nitrogen and oxygen atoms in total. The lowest BCUT2D eigenvalue weighted by atomic mass is 10.0. The molecule has 0 unspecified atom stereocenters. The number of ketones is 2. The molecule has 0 radical (unpaired) electrons. The summed E-state index contributed by atoms with van der Waals surface area (Å²) in [6.07, 6.45) is -5.03. The van der Waals surface area contributed by atoms with Gasteiger partial charge in [-0.2, -0.15) is 0 Å². The van der Waals surface area contributed by atoms with E-state index >= 15 is 0 Å². The van der Waals surface area contributed by atoms with E-state index in [0.29, 0.717) is 51.3 Å². The van der Waals surface area contributed by atoms with Gasteiger partial charge in [0.05, 0.1) is 18.2 Å². The molecule has 4 rings (SSSR count). The molecule has 1 atom stereocenters. The Morgan fingerprint density at radius 3 is 2.24 bits per heavy atom. The van der Waals surface area contributed by atoms with Crippen LogP contribution in [0.1, 0.15) is 41.9 Å². The van der Waals surface area contributed by atoms with Crippen LogP contribution >= 0.6 is 0 Å². The summed E-state index contributed by atoms with van der Waals surface area (Å²) >= 11 is 0. The number of aromatic nitrogens is 1. The topological polar surface area (TPSA) is 66.8 Å². The average molecular weight is 526 g/mol. The Bertz CT molecular complexity index is 1490. The molecule has 1 heterocycles. The first-order chi connectivity index (χ1) is 18.0. The molecule has 198 valence electrons. The summed E-state index contributed by atoms with van der Waals surface area (Å²) < 4.78 is 55.9. The molecule has 0 saturated heterocycles. The van der Waals surface area contributed by atoms with E-state index in [1.807, 2.05) is 6.92 Å². The van der Waals surface area contributed by atoms with Crippen molar-refractivity contribution < 1.29 is 37.0 Å². The summed E-state index contributed by atoms with van der Waals surface area (Å²) in [7, 11) is 1.52. The van der Waals surface area contributed by atoms with Crippen molar-refractivity contribution in [1.82, 2.24) is 4.57 Å². The van der Waals surface area contributed by atoms with Crippen molar-refractivity contribution in [2.45, 2.75) is 39.7 Å². The maximum absolute atomic E-state index is 13.6. The van der Waals surface area contributed by atoms with E-state index in [9.17, 15) is 22.8 Å². The molecule has 0 fully saturated rings. The number of fused-ring (bicyclic) bond motifs is 1. The van der Waals surface area contributed by atoms with Gasteiger partial charge in [-0.3, -0.25) is 9.59 Å². The number of benzene rings is 3. The standard InChI is InChI=1S/C29H26F3NO5/c1-5-26(18(3)34)37-22-8-6-7-20(15-22)33-17(2)27(28(35)19-9-11-21(36-4)12-10-19)24-14-13-23(16-25(24)33)38-29(30,31)32/h6-16,26H,5H2,1-4H3/t26-/m1/s1. The molecule has 0 N–H and O–H groups in total. The van der Waals surface area contributed by atoms with E-state index in [0.717, 1.165) is 0 Å². The Morgan fingerprint density at radius 2 is 1.63 bits per heavy atom. The van der Waals surface area contributed by atoms with Crippen LogP contribution in [0.5, 0.6) is 17.2 Å². The maximum Gasteiger partial charge on any atom is 0.573 e. The zero-order chi connectivity index (χ0) is 27.6. The van der Waals surface area contributed by atoms with Gasteiger partial charge < -0.3 is 18.8 Å². The van der Waals surface area contributed by atoms with Crippen LogP contribution < -0.4 is 14.2 Å². The number of carbonyl (C=O) groups is 2. The number of hydrogen-bond donors (Lipinski definition) is 0. The number of methoxy groups -OCH3 is 1. The third-order valence-electron chi connectivity index (χ3n) is 6.17. The molecule has 0 aliphatic rings. The Hall–Kier alpha value is -4.27. The highest BCUT2D eigenvalue weighted by Gasteiger charge is 2.32. The van der Waals surface area contributed by atoms with Crippen LogP contribution in [0.3, 0.4) is 0 Å². The van der Waals surface area contributed by atoms with Crippen LogP contribution in [0.15, 0.2) is 66.7 Å². The first-order valence-electron chi connectivity index (χ1n) is 11.9. The van der Waals surface area contributed by atoms with Crippen molar-refractivity contribution in [2.75, 3.05) is 7.11 Å². The number of rotatable bonds is 9. The highest BCUT2D eigenvalue weighted by Crippen LogP contribution is 2.35. The first kappa shape index (κ1) is 26.8. The van der Waals surface area contributed by atoms with E-state index in [-0.39, 0.29) is 11.6 Å². The van der Waals surface area contributed by atoms with Crippen molar-refractivity contribution in [3.8, 4) is 22.9 Å². The van der Waals surface area contributed by atoms with Gasteiger partial charge in [-0.15, -0.1) is 13.2 Å². The third-order valence-corrected chi connectivity index (χ3v) is 6.17. The van der Waals surface area contributed by atoms with Gasteiger partial charge in [0.2, 0.25) is 0 Å². The fourth-order valence-corrected chi connectivity index (χ4v) is 4.41. The molecule has 0 aliphatic heterocycles. The number of alkyl halides is 3. The number of Topliss-reactive ketones (excluding diaryl/α,β-unsaturated/α-hetero) is 1. The first-order valence-corrected chi connectivity index (χ1v) is 11.9. The van der Waals surface area contributed by atoms with Gasteiger partial charge >= 0.3 is 6.36 Å². The number of halogens is 3. The highest BCUT2D eigenvalue weighted by atomic mass is 19.4. The largest absolute Gasteiger partial charge is 0.573 e. The summed E-state index contributed by atoms with van der Waals surface area (Å²) in [5.41, 5.74) is 2.14. The summed E-state index contributed by atoms with van der Waals surface area (Å²) in [4.78, 5) is 25.5. The van der Waals surface area contributed by atoms with Gasteiger partial charge in [0.1, 0.15) is 17.2 Å². The number of ether oxygens (including phenoxy) is 3. The molecule has 0 bridgehead atoms. The molecule has 0 spiro atoms. The molecule has 0 aliphatic carbocycles. The van der Waals surface area contributed by atoms with Crippen molar-refractivity contribution >= 4 is 22.5 Å². The normalized spacial score (nSPS) is 12.3. The SMILES string of the molecule is CC[C@@H](Oc1cccc(-n2c(C)c(C(=O)c3ccc(OC)cc3)c3ccc(OC(F)(F)F)cc32)c1)C(C)=O. The fraction of sp³-hybridized carbons (Fsp3) is 0.241. The second-order valence-corrected chi connectivity index (χ2v) is 8.70. The molecule has 1 aromatic heterocycles. The monoisotopic (exact) mass is 525 g/mol. The van der Waals surface area contributed by atoms with Gasteiger partial charge in [0, 0.05) is 34.5 Å². The number of carbonyl (C=O) groups excluding carboxylic acids is 2. The minimum Gasteiger partial charge on any atom is -0.497 e. The Balaban J connectivity index is 1.89. The lowest BCUT2D eigenvalue weighted by molar-refractivity contribution is -0.274. The lowest BCUT2D eigenvalue weighted by Gasteiger charge is -2.16. The summed E-state index contributed by atoms with van der Waals surface area (Å²) in [6, 6.07) is 17.3. The van der Waals surface area contributed by atoms with Crippen molar-refractivity contribution in [1.29, 1.82) is 0 Å². The van der Waals surface area contributed by atoms with E-state index in [1.54, 1.807) is 60.0 Å². The molecular weight excluding hydrogens is 499 g/mol. The van der Waals surface area contributed by atoms with Crippen molar-refractivity contribution in [3.63, 3.8) is 0 Å². The van der Waals surface area contributed by atoms with Crippen LogP contribution in [0.25, 0.3) is 16.6 Å². The van der Waals surface area contributed by atoms with Crippen LogP contribution in [-0.2, 0) is 4.79 Å². The number of nitrogens with zero attached hydrogens (tertiary/aromatic N) is 1. The zero-order valence-electron chi connectivity index (χ0n) is 21.3. The van der Waals surface area contributed by atoms with Crippen LogP contribution in [0, 0.1) is 6.92 Å². The summed E-state index contributed by atoms with van der Waals surface area (Å²) in [5.74, 6) is 0.163. The quantitative estimate of drug-likeness (QED) is 0.224. The molecule has 4 aromatic rings. The Morgan fingerprint density at radius 1 is 0.947 bits per heavy atom. The van der Waals surface area contributed by atoms with Crippen molar-refractivity contribution in [2.24, 2.45) is 0 Å². The molecule has 0 saturated carbocycles. The minimum atomic E-state index is -4.88. The van der Waals surface area contributed by atoms with Gasteiger partial charge in [-0.05, 0) is 68.8 Å². The molecule has 3 aromatic carbocycles. The summed E-state index contributed by atoms with van der Waals surface area (Å²) in [6.45, 7) is 5.00. The van der Waals surface area contributed by atoms with E-state index in [1.165, 1.54) is 32.2 Å². The predicted molar refractivity (Wildman–Crippen MR) is 137 cm³/mol. The maximum atomic E-state index is 13.6. The average Bonchev–Trinajstić information content (AvgIpc) is 3.16. The minimum absolute atomic E-state index is 0.123. The molecule has 38 heavy (non-hydrogen) atoms. The molecular formula is C29H26F3NO5. The van der Waals surface area contributed by atoms with Crippen LogP contribution in [0.2, 0.25) is 0 Å². The number of hydrogen-bond acceptors (Lipinski definition) is 5. The summed E-state index contributed by atoms with van der Waals surface area (Å²) in [5, 5.41) is 0.458.